The normalized spacial score (nSPS) is 23.3. The highest BCUT2D eigenvalue weighted by atomic mass is 35.5. The van der Waals surface area contributed by atoms with Crippen LogP contribution in [-0.4, -0.2) is 37.6 Å². The molecule has 0 aromatic heterocycles. The lowest BCUT2D eigenvalue weighted by molar-refractivity contribution is 0.414. The van der Waals surface area contributed by atoms with Crippen LogP contribution in [0.1, 0.15) is 17.5 Å². The molecule has 1 fully saturated rings. The summed E-state index contributed by atoms with van der Waals surface area (Å²) in [6.07, 6.45) is 2.42. The molecule has 2 aliphatic rings. The molecule has 1 atom stereocenters. The zero-order valence-electron chi connectivity index (χ0n) is 10.9. The van der Waals surface area contributed by atoms with E-state index in [1.54, 1.807) is 0 Å². The van der Waals surface area contributed by atoms with E-state index in [1.165, 1.54) is 29.8 Å². The van der Waals surface area contributed by atoms with Gasteiger partial charge in [-0.25, -0.2) is 0 Å². The van der Waals surface area contributed by atoms with Crippen molar-refractivity contribution in [1.82, 2.24) is 10.2 Å². The van der Waals surface area contributed by atoms with Crippen molar-refractivity contribution in [2.75, 3.05) is 32.0 Å². The van der Waals surface area contributed by atoms with E-state index in [-0.39, 0.29) is 12.4 Å². The number of fused-ring (bicyclic) bond motifs is 1. The van der Waals surface area contributed by atoms with E-state index in [2.05, 4.69) is 40.8 Å². The van der Waals surface area contributed by atoms with Gasteiger partial charge < -0.3 is 15.5 Å². The maximum absolute atomic E-state index is 3.72. The number of nitrogens with one attached hydrogen (secondary N) is 2. The molecule has 1 aromatic carbocycles. The number of hydrogen-bond donors (Lipinski definition) is 2. The quantitative estimate of drug-likeness (QED) is 0.857. The second kappa shape index (κ2) is 5.91. The number of hydrogen-bond acceptors (Lipinski definition) is 3. The summed E-state index contributed by atoms with van der Waals surface area (Å²) in [4.78, 5) is 2.39. The lowest BCUT2D eigenvalue weighted by Gasteiger charge is -2.23. The summed E-state index contributed by atoms with van der Waals surface area (Å²) in [5, 5.41) is 7.18. The largest absolute Gasteiger partial charge is 0.381 e. The SMILES string of the molecule is CN1CCC(Nc2cccc3c2CNCC3)C1.Cl. The van der Waals surface area contributed by atoms with Crippen molar-refractivity contribution in [3.8, 4) is 0 Å². The van der Waals surface area contributed by atoms with Crippen LogP contribution in [0.3, 0.4) is 0 Å². The zero-order chi connectivity index (χ0) is 11.7. The minimum absolute atomic E-state index is 0. The van der Waals surface area contributed by atoms with Crippen LogP contribution in [0.25, 0.3) is 0 Å². The molecule has 1 unspecified atom stereocenters. The minimum atomic E-state index is 0. The van der Waals surface area contributed by atoms with E-state index in [4.69, 9.17) is 0 Å². The van der Waals surface area contributed by atoms with Crippen LogP contribution in [-0.2, 0) is 13.0 Å². The summed E-state index contributed by atoms with van der Waals surface area (Å²) in [5.41, 5.74) is 4.34. The fraction of sp³-hybridized carbons (Fsp3) is 0.571. The lowest BCUT2D eigenvalue weighted by Crippen LogP contribution is -2.28. The highest BCUT2D eigenvalue weighted by molar-refractivity contribution is 5.85. The average Bonchev–Trinajstić information content (AvgIpc) is 2.75. The van der Waals surface area contributed by atoms with Crippen LogP contribution in [0, 0.1) is 0 Å². The number of rotatable bonds is 2. The van der Waals surface area contributed by atoms with Gasteiger partial charge in [0, 0.05) is 24.8 Å². The third-order valence-corrected chi connectivity index (χ3v) is 3.90. The number of anilines is 1. The van der Waals surface area contributed by atoms with Crippen molar-refractivity contribution in [3.05, 3.63) is 29.3 Å². The lowest BCUT2D eigenvalue weighted by atomic mass is 9.99. The van der Waals surface area contributed by atoms with Gasteiger partial charge in [-0.15, -0.1) is 12.4 Å². The van der Waals surface area contributed by atoms with Gasteiger partial charge in [0.2, 0.25) is 0 Å². The maximum atomic E-state index is 3.72. The van der Waals surface area contributed by atoms with E-state index in [0.29, 0.717) is 6.04 Å². The first-order chi connectivity index (χ1) is 8.33. The molecule has 0 bridgehead atoms. The molecule has 0 spiro atoms. The highest BCUT2D eigenvalue weighted by Gasteiger charge is 2.21. The van der Waals surface area contributed by atoms with Crippen LogP contribution in [0.5, 0.6) is 0 Å². The molecule has 0 amide bonds. The smallest absolute Gasteiger partial charge is 0.0400 e. The molecule has 4 heteroatoms. The van der Waals surface area contributed by atoms with E-state index in [9.17, 15) is 0 Å². The molecule has 1 saturated heterocycles. The molecule has 100 valence electrons. The second-order valence-electron chi connectivity index (χ2n) is 5.26. The molecule has 0 saturated carbocycles. The first kappa shape index (κ1) is 13.7. The Hall–Kier alpha value is -0.770. The number of halogens is 1. The fourth-order valence-corrected chi connectivity index (χ4v) is 2.92. The Bertz CT molecular complexity index is 408. The van der Waals surface area contributed by atoms with Crippen molar-refractivity contribution in [2.24, 2.45) is 0 Å². The number of benzene rings is 1. The summed E-state index contributed by atoms with van der Waals surface area (Å²) in [6.45, 7) is 4.51. The Morgan fingerprint density at radius 1 is 1.39 bits per heavy atom. The van der Waals surface area contributed by atoms with E-state index in [1.807, 2.05) is 0 Å². The Morgan fingerprint density at radius 2 is 2.28 bits per heavy atom. The van der Waals surface area contributed by atoms with Gasteiger partial charge in [0.1, 0.15) is 0 Å². The van der Waals surface area contributed by atoms with Crippen LogP contribution < -0.4 is 10.6 Å². The monoisotopic (exact) mass is 267 g/mol. The molecule has 2 aliphatic heterocycles. The topological polar surface area (TPSA) is 27.3 Å². The van der Waals surface area contributed by atoms with Gasteiger partial charge >= 0.3 is 0 Å². The molecule has 18 heavy (non-hydrogen) atoms. The van der Waals surface area contributed by atoms with Gasteiger partial charge in [-0.1, -0.05) is 12.1 Å². The summed E-state index contributed by atoms with van der Waals surface area (Å²) < 4.78 is 0. The predicted octanol–water partition coefficient (Wildman–Crippen LogP) is 1.87. The molecule has 2 heterocycles. The van der Waals surface area contributed by atoms with Crippen LogP contribution >= 0.6 is 12.4 Å². The van der Waals surface area contributed by atoms with Gasteiger partial charge in [0.05, 0.1) is 0 Å². The fourth-order valence-electron chi connectivity index (χ4n) is 2.92. The number of likely N-dealkylation sites (tertiary alicyclic amines) is 1. The van der Waals surface area contributed by atoms with Crippen LogP contribution in [0.4, 0.5) is 5.69 Å². The maximum Gasteiger partial charge on any atom is 0.0400 e. The standard InChI is InChI=1S/C14H21N3.ClH/c1-17-8-6-12(10-17)16-14-4-2-3-11-5-7-15-9-13(11)14;/h2-4,12,15-16H,5-10H2,1H3;1H. The third-order valence-electron chi connectivity index (χ3n) is 3.90. The van der Waals surface area contributed by atoms with Gasteiger partial charge in [0.15, 0.2) is 0 Å². The molecule has 3 rings (SSSR count). The van der Waals surface area contributed by atoms with Gasteiger partial charge in [0.25, 0.3) is 0 Å². The molecule has 1 aromatic rings. The van der Waals surface area contributed by atoms with Crippen molar-refractivity contribution >= 4 is 18.1 Å². The molecule has 0 radical (unpaired) electrons. The Morgan fingerprint density at radius 3 is 3.06 bits per heavy atom. The van der Waals surface area contributed by atoms with Crippen molar-refractivity contribution < 1.29 is 0 Å². The van der Waals surface area contributed by atoms with E-state index in [0.717, 1.165) is 26.1 Å². The van der Waals surface area contributed by atoms with Crippen molar-refractivity contribution in [2.45, 2.75) is 25.4 Å². The van der Waals surface area contributed by atoms with E-state index >= 15 is 0 Å². The second-order valence-corrected chi connectivity index (χ2v) is 5.26. The molecule has 0 aliphatic carbocycles. The number of likely N-dealkylation sites (N-methyl/N-ethyl adjacent to an activating group) is 1. The highest BCUT2D eigenvalue weighted by Crippen LogP contribution is 2.24. The van der Waals surface area contributed by atoms with Gasteiger partial charge in [-0.2, -0.15) is 0 Å². The van der Waals surface area contributed by atoms with Crippen LogP contribution in [0.15, 0.2) is 18.2 Å². The third kappa shape index (κ3) is 2.79. The molecule has 2 N–H and O–H groups in total. The van der Waals surface area contributed by atoms with Crippen LogP contribution in [0.2, 0.25) is 0 Å². The summed E-state index contributed by atoms with van der Waals surface area (Å²) in [6, 6.07) is 7.30. The zero-order valence-corrected chi connectivity index (χ0v) is 11.7. The first-order valence-electron chi connectivity index (χ1n) is 6.59. The summed E-state index contributed by atoms with van der Waals surface area (Å²) >= 11 is 0. The summed E-state index contributed by atoms with van der Waals surface area (Å²) in [5.74, 6) is 0. The number of nitrogens with zero attached hydrogens (tertiary/aromatic N) is 1. The summed E-state index contributed by atoms with van der Waals surface area (Å²) in [7, 11) is 2.20. The minimum Gasteiger partial charge on any atom is -0.381 e. The van der Waals surface area contributed by atoms with Gasteiger partial charge in [-0.3, -0.25) is 0 Å². The Labute approximate surface area is 115 Å². The first-order valence-corrected chi connectivity index (χ1v) is 6.59. The van der Waals surface area contributed by atoms with Crippen molar-refractivity contribution in [1.29, 1.82) is 0 Å². The average molecular weight is 268 g/mol. The van der Waals surface area contributed by atoms with Crippen molar-refractivity contribution in [3.63, 3.8) is 0 Å². The van der Waals surface area contributed by atoms with Gasteiger partial charge in [-0.05, 0) is 50.2 Å². The molecular weight excluding hydrogens is 246 g/mol. The predicted molar refractivity (Wildman–Crippen MR) is 78.6 cm³/mol. The Kier molecular flexibility index (Phi) is 4.49. The Balaban J connectivity index is 0.00000120. The molecule has 3 nitrogen and oxygen atoms in total. The van der Waals surface area contributed by atoms with E-state index < -0.39 is 0 Å². The molecular formula is C14H22ClN3.